The second-order valence-corrected chi connectivity index (χ2v) is 7.84. The molecule has 0 atom stereocenters. The summed E-state index contributed by atoms with van der Waals surface area (Å²) in [5.74, 6) is -0.283. The third-order valence-electron chi connectivity index (χ3n) is 5.22. The lowest BCUT2D eigenvalue weighted by Gasteiger charge is -2.34. The van der Waals surface area contributed by atoms with Crippen LogP contribution in [-0.2, 0) is 4.79 Å². The Bertz CT molecular complexity index is 1130. The van der Waals surface area contributed by atoms with Gasteiger partial charge in [-0.1, -0.05) is 29.8 Å². The Morgan fingerprint density at radius 2 is 1.67 bits per heavy atom. The molecule has 170 valence electrons. The Hall–Kier alpha value is -3.78. The molecule has 3 aromatic rings. The summed E-state index contributed by atoms with van der Waals surface area (Å²) in [7, 11) is 0. The number of para-hydroxylation sites is 1. The van der Waals surface area contributed by atoms with E-state index in [9.17, 15) is 14.4 Å². The molecule has 1 N–H and O–H groups in total. The molecule has 0 radical (unpaired) electrons. The summed E-state index contributed by atoms with van der Waals surface area (Å²) >= 11 is 6.07. The molecular formula is C24H22ClN3O5. The van der Waals surface area contributed by atoms with E-state index in [0.29, 0.717) is 36.9 Å². The number of anilines is 1. The number of ether oxygens (including phenoxy) is 1. The maximum atomic E-state index is 12.7. The van der Waals surface area contributed by atoms with Crippen LogP contribution >= 0.6 is 11.6 Å². The largest absolute Gasteiger partial charge is 0.483 e. The molecule has 1 aliphatic heterocycles. The second-order valence-electron chi connectivity index (χ2n) is 7.40. The van der Waals surface area contributed by atoms with Gasteiger partial charge in [0.05, 0.1) is 11.8 Å². The molecule has 1 fully saturated rings. The number of furan rings is 1. The number of nitrogens with one attached hydrogen (secondary N) is 1. The number of benzene rings is 2. The first-order chi connectivity index (χ1) is 16.0. The van der Waals surface area contributed by atoms with Crippen LogP contribution in [0.3, 0.4) is 0 Å². The molecule has 0 bridgehead atoms. The maximum absolute atomic E-state index is 12.7. The first-order valence-electron chi connectivity index (χ1n) is 10.4. The van der Waals surface area contributed by atoms with E-state index in [0.717, 1.165) is 0 Å². The quantitative estimate of drug-likeness (QED) is 0.598. The van der Waals surface area contributed by atoms with Crippen molar-refractivity contribution in [2.75, 3.05) is 38.1 Å². The Labute approximate surface area is 195 Å². The van der Waals surface area contributed by atoms with Crippen LogP contribution in [-0.4, -0.2) is 60.3 Å². The molecule has 2 heterocycles. The van der Waals surface area contributed by atoms with Crippen LogP contribution in [0, 0.1) is 0 Å². The predicted octanol–water partition coefficient (Wildman–Crippen LogP) is 3.55. The zero-order valence-corrected chi connectivity index (χ0v) is 18.5. The molecule has 2 aromatic carbocycles. The van der Waals surface area contributed by atoms with Gasteiger partial charge in [-0.05, 0) is 42.5 Å². The lowest BCUT2D eigenvalue weighted by atomic mass is 10.1. The number of nitrogens with zero attached hydrogens (tertiary/aromatic N) is 2. The van der Waals surface area contributed by atoms with Crippen molar-refractivity contribution in [1.82, 2.24) is 9.80 Å². The number of amides is 3. The first-order valence-corrected chi connectivity index (χ1v) is 10.8. The standard InChI is InChI=1S/C24H22ClN3O5/c25-17-8-9-20(19(15-17)23(30)26-18-5-2-1-3-6-18)33-16-22(29)27-10-12-28(13-11-27)24(31)21-7-4-14-32-21/h1-9,14-15H,10-13,16H2,(H,26,30). The summed E-state index contributed by atoms with van der Waals surface area (Å²) in [6.45, 7) is 1.33. The molecule has 0 unspecified atom stereocenters. The van der Waals surface area contributed by atoms with E-state index in [1.807, 2.05) is 18.2 Å². The van der Waals surface area contributed by atoms with Crippen molar-refractivity contribution in [3.05, 3.63) is 83.3 Å². The van der Waals surface area contributed by atoms with E-state index in [-0.39, 0.29) is 35.5 Å². The molecule has 4 rings (SSSR count). The fourth-order valence-corrected chi connectivity index (χ4v) is 3.64. The van der Waals surface area contributed by atoms with Crippen LogP contribution in [0.4, 0.5) is 5.69 Å². The highest BCUT2D eigenvalue weighted by Gasteiger charge is 2.26. The van der Waals surface area contributed by atoms with Crippen LogP contribution in [0.5, 0.6) is 5.75 Å². The highest BCUT2D eigenvalue weighted by Crippen LogP contribution is 2.24. The molecule has 0 spiro atoms. The summed E-state index contributed by atoms with van der Waals surface area (Å²) in [6, 6.07) is 16.9. The third-order valence-corrected chi connectivity index (χ3v) is 5.46. The summed E-state index contributed by atoms with van der Waals surface area (Å²) < 4.78 is 10.8. The van der Waals surface area contributed by atoms with Crippen molar-refractivity contribution in [2.45, 2.75) is 0 Å². The number of rotatable bonds is 6. The number of carbonyl (C=O) groups excluding carboxylic acids is 3. The molecule has 1 aliphatic rings. The van der Waals surface area contributed by atoms with Crippen LogP contribution < -0.4 is 10.1 Å². The maximum Gasteiger partial charge on any atom is 0.289 e. The van der Waals surface area contributed by atoms with Gasteiger partial charge in [-0.2, -0.15) is 0 Å². The number of halogens is 1. The molecule has 3 amide bonds. The topological polar surface area (TPSA) is 92.1 Å². The highest BCUT2D eigenvalue weighted by atomic mass is 35.5. The second kappa shape index (κ2) is 10.2. The number of carbonyl (C=O) groups is 3. The van der Waals surface area contributed by atoms with Crippen LogP contribution in [0.15, 0.2) is 71.3 Å². The number of hydrogen-bond donors (Lipinski definition) is 1. The lowest BCUT2D eigenvalue weighted by molar-refractivity contribution is -0.134. The van der Waals surface area contributed by atoms with Gasteiger partial charge in [0.25, 0.3) is 17.7 Å². The Balaban J connectivity index is 1.34. The highest BCUT2D eigenvalue weighted by molar-refractivity contribution is 6.31. The van der Waals surface area contributed by atoms with Gasteiger partial charge < -0.3 is 24.3 Å². The molecular weight excluding hydrogens is 446 g/mol. The van der Waals surface area contributed by atoms with Gasteiger partial charge in [0.15, 0.2) is 12.4 Å². The Kier molecular flexibility index (Phi) is 6.95. The smallest absolute Gasteiger partial charge is 0.289 e. The van der Waals surface area contributed by atoms with E-state index in [4.69, 9.17) is 20.8 Å². The van der Waals surface area contributed by atoms with Crippen LogP contribution in [0.25, 0.3) is 0 Å². The van der Waals surface area contributed by atoms with E-state index < -0.39 is 5.91 Å². The predicted molar refractivity (Wildman–Crippen MR) is 123 cm³/mol. The van der Waals surface area contributed by atoms with E-state index in [2.05, 4.69) is 5.32 Å². The first kappa shape index (κ1) is 22.4. The summed E-state index contributed by atoms with van der Waals surface area (Å²) in [4.78, 5) is 41.1. The van der Waals surface area contributed by atoms with Crippen LogP contribution in [0.1, 0.15) is 20.9 Å². The summed E-state index contributed by atoms with van der Waals surface area (Å²) in [5.41, 5.74) is 0.861. The molecule has 33 heavy (non-hydrogen) atoms. The van der Waals surface area contributed by atoms with Crippen molar-refractivity contribution < 1.29 is 23.5 Å². The monoisotopic (exact) mass is 467 g/mol. The molecule has 9 heteroatoms. The molecule has 8 nitrogen and oxygen atoms in total. The molecule has 1 aromatic heterocycles. The minimum absolute atomic E-state index is 0.196. The van der Waals surface area contributed by atoms with Gasteiger partial charge >= 0.3 is 0 Å². The van der Waals surface area contributed by atoms with Crippen molar-refractivity contribution in [1.29, 1.82) is 0 Å². The van der Waals surface area contributed by atoms with Crippen molar-refractivity contribution in [2.24, 2.45) is 0 Å². The van der Waals surface area contributed by atoms with E-state index >= 15 is 0 Å². The zero-order valence-electron chi connectivity index (χ0n) is 17.7. The van der Waals surface area contributed by atoms with Gasteiger partial charge in [0, 0.05) is 36.9 Å². The number of piperazine rings is 1. The van der Waals surface area contributed by atoms with E-state index in [1.165, 1.54) is 12.3 Å². The lowest BCUT2D eigenvalue weighted by Crippen LogP contribution is -2.51. The average Bonchev–Trinajstić information content (AvgIpc) is 3.38. The molecule has 0 aliphatic carbocycles. The van der Waals surface area contributed by atoms with Gasteiger partial charge in [-0.3, -0.25) is 14.4 Å². The minimum atomic E-state index is -0.392. The van der Waals surface area contributed by atoms with E-state index in [1.54, 1.807) is 46.2 Å². The zero-order chi connectivity index (χ0) is 23.2. The minimum Gasteiger partial charge on any atom is -0.483 e. The summed E-state index contributed by atoms with van der Waals surface area (Å²) in [5, 5.41) is 3.16. The fourth-order valence-electron chi connectivity index (χ4n) is 3.47. The van der Waals surface area contributed by atoms with Gasteiger partial charge in [-0.25, -0.2) is 0 Å². The van der Waals surface area contributed by atoms with Crippen molar-refractivity contribution >= 4 is 35.0 Å². The van der Waals surface area contributed by atoms with Crippen LogP contribution in [0.2, 0.25) is 5.02 Å². The SMILES string of the molecule is O=C(Nc1ccccc1)c1cc(Cl)ccc1OCC(=O)N1CCN(C(=O)c2ccco2)CC1. The summed E-state index contributed by atoms with van der Waals surface area (Å²) in [6.07, 6.45) is 1.45. The number of hydrogen-bond acceptors (Lipinski definition) is 5. The van der Waals surface area contributed by atoms with Gasteiger partial charge in [0.2, 0.25) is 0 Å². The van der Waals surface area contributed by atoms with Gasteiger partial charge in [-0.15, -0.1) is 0 Å². The molecule has 1 saturated heterocycles. The Morgan fingerprint density at radius 1 is 0.939 bits per heavy atom. The average molecular weight is 468 g/mol. The Morgan fingerprint density at radius 3 is 2.36 bits per heavy atom. The van der Waals surface area contributed by atoms with Crippen molar-refractivity contribution in [3.63, 3.8) is 0 Å². The third kappa shape index (κ3) is 5.53. The fraction of sp³-hybridized carbons (Fsp3) is 0.208. The van der Waals surface area contributed by atoms with Crippen molar-refractivity contribution in [3.8, 4) is 5.75 Å². The van der Waals surface area contributed by atoms with Gasteiger partial charge in [0.1, 0.15) is 5.75 Å². The molecule has 0 saturated carbocycles. The normalized spacial score (nSPS) is 13.5.